The monoisotopic (exact) mass is 347 g/mol. The second-order valence-electron chi connectivity index (χ2n) is 5.41. The van der Waals surface area contributed by atoms with E-state index in [0.29, 0.717) is 5.56 Å². The minimum absolute atomic E-state index is 0.000660. The number of fused-ring (bicyclic) bond motifs is 1. The third kappa shape index (κ3) is 3.57. The first-order valence-electron chi connectivity index (χ1n) is 7.61. The molecule has 1 heterocycles. The lowest BCUT2D eigenvalue weighted by atomic mass is 10.0. The fourth-order valence-electron chi connectivity index (χ4n) is 2.57. The Morgan fingerprint density at radius 2 is 1.88 bits per heavy atom. The third-order valence-corrected chi connectivity index (χ3v) is 3.60. The summed E-state index contributed by atoms with van der Waals surface area (Å²) in [6.07, 6.45) is 0. The van der Waals surface area contributed by atoms with Gasteiger partial charge in [0.1, 0.15) is 5.75 Å². The summed E-state index contributed by atoms with van der Waals surface area (Å²) in [5.41, 5.74) is 0.528. The summed E-state index contributed by atoms with van der Waals surface area (Å²) in [7, 11) is 0. The maximum absolute atomic E-state index is 12.6. The van der Waals surface area contributed by atoms with Gasteiger partial charge in [-0.05, 0) is 25.5 Å². The van der Waals surface area contributed by atoms with Gasteiger partial charge in [0.25, 0.3) is 11.8 Å². The number of ether oxygens (including phenoxy) is 2. The number of ketones is 1. The van der Waals surface area contributed by atoms with Gasteiger partial charge in [-0.3, -0.25) is 28.9 Å². The number of hydrogen-bond donors (Lipinski definition) is 0. The Bertz CT molecular complexity index is 768. The largest absolute Gasteiger partial charge is 0.465 e. The Hall–Kier alpha value is -3.03. The zero-order valence-electron chi connectivity index (χ0n) is 14.0. The molecule has 1 aliphatic rings. The highest BCUT2D eigenvalue weighted by Crippen LogP contribution is 2.32. The van der Waals surface area contributed by atoms with Crippen LogP contribution < -0.4 is 4.74 Å². The molecule has 8 nitrogen and oxygen atoms in total. The first kappa shape index (κ1) is 18.3. The van der Waals surface area contributed by atoms with E-state index in [1.165, 1.54) is 13.0 Å². The van der Waals surface area contributed by atoms with Crippen LogP contribution in [0.3, 0.4) is 0 Å². The average Bonchev–Trinajstić information content (AvgIpc) is 2.85. The molecule has 1 aromatic rings. The highest BCUT2D eigenvalue weighted by molar-refractivity contribution is 6.21. The average molecular weight is 347 g/mol. The highest BCUT2D eigenvalue weighted by atomic mass is 16.5. The second-order valence-corrected chi connectivity index (χ2v) is 5.41. The van der Waals surface area contributed by atoms with Gasteiger partial charge in [-0.15, -0.1) is 0 Å². The van der Waals surface area contributed by atoms with Crippen LogP contribution in [0.15, 0.2) is 18.2 Å². The summed E-state index contributed by atoms with van der Waals surface area (Å²) in [6, 6.07) is 4.60. The summed E-state index contributed by atoms with van der Waals surface area (Å²) in [4.78, 5) is 60.8. The Morgan fingerprint density at radius 3 is 2.44 bits per heavy atom. The van der Waals surface area contributed by atoms with Crippen molar-refractivity contribution in [2.75, 3.05) is 6.61 Å². The van der Waals surface area contributed by atoms with Gasteiger partial charge in [0.2, 0.25) is 0 Å². The number of nitrogens with zero attached hydrogens (tertiary/aromatic N) is 1. The lowest BCUT2D eigenvalue weighted by molar-refractivity contribution is -0.157. The normalized spacial score (nSPS) is 13.9. The number of amides is 2. The number of rotatable bonds is 5. The van der Waals surface area contributed by atoms with Crippen LogP contribution in [-0.2, 0) is 30.5 Å². The van der Waals surface area contributed by atoms with E-state index in [2.05, 4.69) is 0 Å². The molecule has 25 heavy (non-hydrogen) atoms. The van der Waals surface area contributed by atoms with Gasteiger partial charge in [0, 0.05) is 6.92 Å². The maximum atomic E-state index is 12.6. The minimum atomic E-state index is -1.70. The molecule has 0 aliphatic carbocycles. The fourth-order valence-corrected chi connectivity index (χ4v) is 2.57. The van der Waals surface area contributed by atoms with E-state index in [-0.39, 0.29) is 24.5 Å². The first-order chi connectivity index (χ1) is 11.8. The molecule has 1 aromatic carbocycles. The molecule has 0 fully saturated rings. The van der Waals surface area contributed by atoms with Crippen molar-refractivity contribution in [3.05, 3.63) is 29.3 Å². The van der Waals surface area contributed by atoms with Crippen molar-refractivity contribution in [2.24, 2.45) is 5.92 Å². The number of Topliss-reactive ketones (excluding diaryl/α,β-unsaturated/α-hetero) is 1. The first-order valence-corrected chi connectivity index (χ1v) is 7.61. The van der Waals surface area contributed by atoms with E-state index in [1.54, 1.807) is 19.1 Å². The van der Waals surface area contributed by atoms with Crippen molar-refractivity contribution in [1.29, 1.82) is 0 Å². The van der Waals surface area contributed by atoms with Gasteiger partial charge in [0.05, 0.1) is 18.7 Å². The van der Waals surface area contributed by atoms with Gasteiger partial charge in [-0.1, -0.05) is 12.1 Å². The fraction of sp³-hybridized carbons (Fsp3) is 0.353. The minimum Gasteiger partial charge on any atom is -0.465 e. The maximum Gasteiger partial charge on any atom is 0.326 e. The van der Waals surface area contributed by atoms with Gasteiger partial charge in [-0.2, -0.15) is 0 Å². The Morgan fingerprint density at radius 1 is 1.20 bits per heavy atom. The number of carbonyl (C=O) groups excluding carboxylic acids is 5. The van der Waals surface area contributed by atoms with E-state index in [0.717, 1.165) is 11.8 Å². The molecule has 0 radical (unpaired) electrons. The molecule has 0 bridgehead atoms. The Kier molecular flexibility index (Phi) is 5.31. The molecule has 1 atom stereocenters. The zero-order chi connectivity index (χ0) is 18.7. The van der Waals surface area contributed by atoms with E-state index in [9.17, 15) is 24.0 Å². The van der Waals surface area contributed by atoms with Crippen LogP contribution in [-0.4, -0.2) is 41.0 Å². The van der Waals surface area contributed by atoms with Crippen LogP contribution in [0.4, 0.5) is 0 Å². The number of imide groups is 1. The van der Waals surface area contributed by atoms with Crippen LogP contribution in [0.25, 0.3) is 0 Å². The predicted octanol–water partition coefficient (Wildman–Crippen LogP) is 0.863. The molecule has 8 heteroatoms. The highest BCUT2D eigenvalue weighted by Gasteiger charge is 2.42. The summed E-state index contributed by atoms with van der Waals surface area (Å²) < 4.78 is 9.74. The standard InChI is InChI=1S/C17H17NO7/c1-4-24-17(23)13(9(2)19)15(21)18-8-11-6-5-7-12(25-10(3)20)14(11)16(18)22/h5-7,13H,4,8H2,1-3H3. The molecule has 2 amide bonds. The summed E-state index contributed by atoms with van der Waals surface area (Å²) in [6.45, 7) is 3.69. The lowest BCUT2D eigenvalue weighted by Crippen LogP contribution is -2.43. The number of benzene rings is 1. The van der Waals surface area contributed by atoms with E-state index in [4.69, 9.17) is 9.47 Å². The molecule has 0 aromatic heterocycles. The van der Waals surface area contributed by atoms with Crippen molar-refractivity contribution >= 4 is 29.5 Å². The number of carbonyl (C=O) groups is 5. The molecule has 2 rings (SSSR count). The molecule has 0 spiro atoms. The molecule has 1 aliphatic heterocycles. The zero-order valence-corrected chi connectivity index (χ0v) is 14.0. The van der Waals surface area contributed by atoms with Crippen molar-refractivity contribution in [3.63, 3.8) is 0 Å². The van der Waals surface area contributed by atoms with Crippen LogP contribution in [0.5, 0.6) is 5.75 Å². The molecule has 132 valence electrons. The van der Waals surface area contributed by atoms with Crippen molar-refractivity contribution in [1.82, 2.24) is 4.90 Å². The number of esters is 2. The topological polar surface area (TPSA) is 107 Å². The Balaban J connectivity index is 2.34. The van der Waals surface area contributed by atoms with Gasteiger partial charge in [0.15, 0.2) is 11.7 Å². The van der Waals surface area contributed by atoms with Gasteiger partial charge in [-0.25, -0.2) is 0 Å². The SMILES string of the molecule is CCOC(=O)C(C(C)=O)C(=O)N1Cc2cccc(OC(C)=O)c2C1=O. The van der Waals surface area contributed by atoms with E-state index in [1.807, 2.05) is 0 Å². The van der Waals surface area contributed by atoms with Gasteiger partial charge < -0.3 is 9.47 Å². The Labute approximate surface area is 143 Å². The summed E-state index contributed by atoms with van der Waals surface area (Å²) >= 11 is 0. The lowest BCUT2D eigenvalue weighted by Gasteiger charge is -2.18. The predicted molar refractivity (Wildman–Crippen MR) is 83.4 cm³/mol. The van der Waals surface area contributed by atoms with Crippen molar-refractivity contribution in [2.45, 2.75) is 27.3 Å². The third-order valence-electron chi connectivity index (χ3n) is 3.60. The summed E-state index contributed by atoms with van der Waals surface area (Å²) in [5.74, 6) is -5.68. The van der Waals surface area contributed by atoms with Crippen molar-refractivity contribution < 1.29 is 33.4 Å². The van der Waals surface area contributed by atoms with Crippen molar-refractivity contribution in [3.8, 4) is 5.75 Å². The molecular weight excluding hydrogens is 330 g/mol. The molecular formula is C17H17NO7. The van der Waals surface area contributed by atoms with Gasteiger partial charge >= 0.3 is 11.9 Å². The molecule has 0 N–H and O–H groups in total. The van der Waals surface area contributed by atoms with E-state index < -0.39 is 35.5 Å². The molecule has 0 saturated carbocycles. The van der Waals surface area contributed by atoms with Crippen LogP contribution in [0, 0.1) is 5.92 Å². The summed E-state index contributed by atoms with van der Waals surface area (Å²) in [5, 5.41) is 0. The van der Waals surface area contributed by atoms with E-state index >= 15 is 0 Å². The smallest absolute Gasteiger partial charge is 0.326 e. The van der Waals surface area contributed by atoms with Crippen LogP contribution in [0.2, 0.25) is 0 Å². The van der Waals surface area contributed by atoms with Crippen LogP contribution in [0.1, 0.15) is 36.7 Å². The molecule has 1 unspecified atom stereocenters. The molecule has 0 saturated heterocycles. The quantitative estimate of drug-likeness (QED) is 0.442. The number of hydrogen-bond acceptors (Lipinski definition) is 7. The second kappa shape index (κ2) is 7.25. The van der Waals surface area contributed by atoms with Crippen LogP contribution >= 0.6 is 0 Å².